The van der Waals surface area contributed by atoms with Gasteiger partial charge in [0.05, 0.1) is 30.9 Å². The second-order valence-electron chi connectivity index (χ2n) is 5.64. The highest BCUT2D eigenvalue weighted by atomic mass is 32.2. The number of thiocarbonyl (C=S) groups is 1. The van der Waals surface area contributed by atoms with Gasteiger partial charge in [-0.25, -0.2) is 4.98 Å². The van der Waals surface area contributed by atoms with Gasteiger partial charge in [0.1, 0.15) is 21.6 Å². The van der Waals surface area contributed by atoms with Crippen LogP contribution in [-0.4, -0.2) is 28.5 Å². The van der Waals surface area contributed by atoms with E-state index in [9.17, 15) is 4.79 Å². The average molecular weight is 402 g/mol. The summed E-state index contributed by atoms with van der Waals surface area (Å²) in [6, 6.07) is 12.9. The van der Waals surface area contributed by atoms with Gasteiger partial charge < -0.3 is 19.8 Å². The molecule has 0 aliphatic heterocycles. The summed E-state index contributed by atoms with van der Waals surface area (Å²) in [5, 5.41) is 3.77. The third-order valence-corrected chi connectivity index (χ3v) is 5.24. The van der Waals surface area contributed by atoms with Gasteiger partial charge in [-0.1, -0.05) is 36.1 Å². The van der Waals surface area contributed by atoms with Crippen molar-refractivity contribution in [2.45, 2.75) is 12.3 Å². The van der Waals surface area contributed by atoms with Gasteiger partial charge in [-0.2, -0.15) is 0 Å². The van der Waals surface area contributed by atoms with E-state index >= 15 is 0 Å². The van der Waals surface area contributed by atoms with E-state index < -0.39 is 0 Å². The van der Waals surface area contributed by atoms with Gasteiger partial charge in [-0.3, -0.25) is 4.79 Å². The lowest BCUT2D eigenvalue weighted by molar-refractivity contribution is 0.390. The molecular formula is C19H19N3O3S2. The van der Waals surface area contributed by atoms with E-state index in [0.29, 0.717) is 33.3 Å². The quantitative estimate of drug-likeness (QED) is 0.614. The Morgan fingerprint density at radius 2 is 2.04 bits per heavy atom. The molecule has 0 aliphatic carbocycles. The molecule has 2 N–H and O–H groups in total. The number of nitrogens with one attached hydrogen (secondary N) is 2. The lowest BCUT2D eigenvalue weighted by Gasteiger charge is -2.12. The molecule has 0 radical (unpaired) electrons. The van der Waals surface area contributed by atoms with Gasteiger partial charge in [-0.05, 0) is 24.3 Å². The number of nitrogens with zero attached hydrogens (tertiary/aromatic N) is 1. The summed E-state index contributed by atoms with van der Waals surface area (Å²) in [4.78, 5) is 19.4. The number of para-hydroxylation sites is 1. The smallest absolute Gasteiger partial charge is 0.258 e. The molecule has 0 atom stereocenters. The number of aromatic nitrogens is 2. The zero-order valence-electron chi connectivity index (χ0n) is 14.9. The number of H-pyrrole nitrogens is 1. The van der Waals surface area contributed by atoms with Crippen LogP contribution in [-0.2, 0) is 12.3 Å². The highest BCUT2D eigenvalue weighted by Crippen LogP contribution is 2.24. The van der Waals surface area contributed by atoms with E-state index in [2.05, 4.69) is 15.3 Å². The van der Waals surface area contributed by atoms with Crippen LogP contribution >= 0.6 is 24.0 Å². The highest BCUT2D eigenvalue weighted by molar-refractivity contribution is 8.22. The predicted molar refractivity (Wildman–Crippen MR) is 113 cm³/mol. The van der Waals surface area contributed by atoms with Gasteiger partial charge in [0.25, 0.3) is 5.56 Å². The first kappa shape index (κ1) is 19.2. The molecule has 0 saturated heterocycles. The summed E-state index contributed by atoms with van der Waals surface area (Å²) in [5.41, 5.74) is 1.51. The summed E-state index contributed by atoms with van der Waals surface area (Å²) < 4.78 is 11.2. The summed E-state index contributed by atoms with van der Waals surface area (Å²) in [7, 11) is 3.23. The molecule has 0 aliphatic rings. The molecule has 6 nitrogen and oxygen atoms in total. The van der Waals surface area contributed by atoms with Gasteiger partial charge in [0.2, 0.25) is 0 Å². The molecular weight excluding hydrogens is 382 g/mol. The van der Waals surface area contributed by atoms with Crippen LogP contribution < -0.4 is 20.3 Å². The van der Waals surface area contributed by atoms with Crippen molar-refractivity contribution in [3.8, 4) is 11.5 Å². The Balaban J connectivity index is 1.60. The standard InChI is InChI=1S/C19H19N3O3S2/c1-24-13-8-7-12(16(9-13)25-2)10-20-19(26)27-11-17-21-15-6-4-3-5-14(15)18(23)22-17/h3-9H,10-11H2,1-2H3,(H,20,26)(H,21,22,23). The minimum Gasteiger partial charge on any atom is -0.497 e. The Morgan fingerprint density at radius 3 is 2.81 bits per heavy atom. The zero-order chi connectivity index (χ0) is 19.2. The van der Waals surface area contributed by atoms with Gasteiger partial charge >= 0.3 is 0 Å². The second-order valence-corrected chi connectivity index (χ2v) is 7.29. The van der Waals surface area contributed by atoms with Crippen LogP contribution in [0.15, 0.2) is 47.3 Å². The van der Waals surface area contributed by atoms with E-state index in [1.807, 2.05) is 36.4 Å². The second kappa shape index (κ2) is 8.88. The number of methoxy groups -OCH3 is 2. The number of ether oxygens (including phenoxy) is 2. The van der Waals surface area contributed by atoms with E-state index in [1.54, 1.807) is 20.3 Å². The van der Waals surface area contributed by atoms with Crippen molar-refractivity contribution >= 4 is 39.2 Å². The molecule has 2 aromatic carbocycles. The first-order chi connectivity index (χ1) is 13.1. The Hall–Kier alpha value is -2.58. The maximum absolute atomic E-state index is 12.1. The van der Waals surface area contributed by atoms with Crippen molar-refractivity contribution in [3.63, 3.8) is 0 Å². The van der Waals surface area contributed by atoms with Crippen molar-refractivity contribution in [3.05, 3.63) is 64.2 Å². The van der Waals surface area contributed by atoms with Gasteiger partial charge in [-0.15, -0.1) is 0 Å². The van der Waals surface area contributed by atoms with Crippen LogP contribution in [0.1, 0.15) is 11.4 Å². The van der Waals surface area contributed by atoms with Crippen molar-refractivity contribution in [2.24, 2.45) is 0 Å². The number of hydrogen-bond donors (Lipinski definition) is 2. The molecule has 27 heavy (non-hydrogen) atoms. The summed E-state index contributed by atoms with van der Waals surface area (Å²) in [6.45, 7) is 0.528. The zero-order valence-corrected chi connectivity index (χ0v) is 16.6. The molecule has 3 rings (SSSR count). The molecule has 140 valence electrons. The van der Waals surface area contributed by atoms with Crippen LogP contribution in [0, 0.1) is 0 Å². The van der Waals surface area contributed by atoms with Crippen LogP contribution in [0.3, 0.4) is 0 Å². The van der Waals surface area contributed by atoms with Crippen LogP contribution in [0.5, 0.6) is 11.5 Å². The van der Waals surface area contributed by atoms with Crippen molar-refractivity contribution in [1.29, 1.82) is 0 Å². The molecule has 0 fully saturated rings. The molecule has 0 saturated carbocycles. The lowest BCUT2D eigenvalue weighted by Crippen LogP contribution is -2.19. The van der Waals surface area contributed by atoms with Crippen LogP contribution in [0.25, 0.3) is 10.9 Å². The SMILES string of the molecule is COc1ccc(CNC(=S)SCc2nc3ccccc3c(=O)[nH]2)c(OC)c1. The average Bonchev–Trinajstić information content (AvgIpc) is 2.70. The number of aromatic amines is 1. The molecule has 8 heteroatoms. The minimum absolute atomic E-state index is 0.141. The first-order valence-electron chi connectivity index (χ1n) is 8.20. The topological polar surface area (TPSA) is 76.2 Å². The van der Waals surface area contributed by atoms with Crippen molar-refractivity contribution in [2.75, 3.05) is 14.2 Å². The molecule has 3 aromatic rings. The molecule has 0 amide bonds. The van der Waals surface area contributed by atoms with Crippen LogP contribution in [0.4, 0.5) is 0 Å². The Kier molecular flexibility index (Phi) is 6.31. The fourth-order valence-electron chi connectivity index (χ4n) is 2.55. The van der Waals surface area contributed by atoms with Gasteiger partial charge in [0, 0.05) is 18.2 Å². The van der Waals surface area contributed by atoms with Crippen LogP contribution in [0.2, 0.25) is 0 Å². The maximum atomic E-state index is 12.1. The minimum atomic E-state index is -0.141. The molecule has 0 bridgehead atoms. The highest BCUT2D eigenvalue weighted by Gasteiger charge is 2.08. The van der Waals surface area contributed by atoms with E-state index in [4.69, 9.17) is 21.7 Å². The monoisotopic (exact) mass is 401 g/mol. The fraction of sp³-hybridized carbons (Fsp3) is 0.211. The summed E-state index contributed by atoms with van der Waals surface area (Å²) in [5.74, 6) is 2.54. The third-order valence-electron chi connectivity index (χ3n) is 3.92. The number of thioether (sulfide) groups is 1. The van der Waals surface area contributed by atoms with E-state index in [-0.39, 0.29) is 5.56 Å². The number of rotatable bonds is 6. The Labute approximate surface area is 166 Å². The Morgan fingerprint density at radius 1 is 1.22 bits per heavy atom. The van der Waals surface area contributed by atoms with E-state index in [0.717, 1.165) is 17.1 Å². The summed E-state index contributed by atoms with van der Waals surface area (Å²) in [6.07, 6.45) is 0. The largest absolute Gasteiger partial charge is 0.497 e. The fourth-order valence-corrected chi connectivity index (χ4v) is 3.38. The van der Waals surface area contributed by atoms with Gasteiger partial charge in [0.15, 0.2) is 0 Å². The number of fused-ring (bicyclic) bond motifs is 1. The molecule has 0 spiro atoms. The number of benzene rings is 2. The summed E-state index contributed by atoms with van der Waals surface area (Å²) >= 11 is 6.79. The van der Waals surface area contributed by atoms with Crippen molar-refractivity contribution < 1.29 is 9.47 Å². The van der Waals surface area contributed by atoms with E-state index in [1.165, 1.54) is 11.8 Å². The number of hydrogen-bond acceptors (Lipinski definition) is 6. The van der Waals surface area contributed by atoms with Crippen molar-refractivity contribution in [1.82, 2.24) is 15.3 Å². The normalized spacial score (nSPS) is 10.6. The Bertz CT molecular complexity index is 1020. The molecule has 1 heterocycles. The lowest BCUT2D eigenvalue weighted by atomic mass is 10.2. The molecule has 1 aromatic heterocycles. The first-order valence-corrected chi connectivity index (χ1v) is 9.59. The molecule has 0 unspecified atom stereocenters. The predicted octanol–water partition coefficient (Wildman–Crippen LogP) is 3.25. The maximum Gasteiger partial charge on any atom is 0.258 e. The third kappa shape index (κ3) is 4.78.